The predicted octanol–water partition coefficient (Wildman–Crippen LogP) is 3.30. The van der Waals surface area contributed by atoms with E-state index in [-0.39, 0.29) is 24.4 Å². The summed E-state index contributed by atoms with van der Waals surface area (Å²) < 4.78 is 7.50. The van der Waals surface area contributed by atoms with E-state index in [1.807, 2.05) is 43.3 Å². The highest BCUT2D eigenvalue weighted by atomic mass is 32.1. The minimum atomic E-state index is -0.183. The Hall–Kier alpha value is -2.93. The number of benzene rings is 2. The van der Waals surface area contributed by atoms with Crippen molar-refractivity contribution < 1.29 is 9.53 Å². The minimum Gasteiger partial charge on any atom is -0.491 e. The van der Waals surface area contributed by atoms with E-state index >= 15 is 0 Å². The Morgan fingerprint density at radius 3 is 2.68 bits per heavy atom. The zero-order valence-electron chi connectivity index (χ0n) is 16.0. The van der Waals surface area contributed by atoms with Gasteiger partial charge in [-0.2, -0.15) is 0 Å². The van der Waals surface area contributed by atoms with Crippen molar-refractivity contribution in [1.82, 2.24) is 14.5 Å². The number of hydrogen-bond donors (Lipinski definition) is 1. The molecule has 2 aromatic carbocycles. The van der Waals surface area contributed by atoms with Gasteiger partial charge in [0.2, 0.25) is 5.91 Å². The van der Waals surface area contributed by atoms with Crippen molar-refractivity contribution in [1.29, 1.82) is 0 Å². The number of H-pyrrole nitrogens is 1. The Balaban J connectivity index is 1.58. The third kappa shape index (κ3) is 4.48. The summed E-state index contributed by atoms with van der Waals surface area (Å²) in [6.45, 7) is 3.09. The summed E-state index contributed by atoms with van der Waals surface area (Å²) >= 11 is 5.28. The molecule has 1 aromatic heterocycles. The van der Waals surface area contributed by atoms with E-state index in [4.69, 9.17) is 17.0 Å². The molecule has 0 spiro atoms. The normalized spacial score (nSPS) is 10.8. The summed E-state index contributed by atoms with van der Waals surface area (Å²) in [5.74, 6) is 0.750. The van der Waals surface area contributed by atoms with Crippen molar-refractivity contribution in [3.05, 3.63) is 69.2 Å². The number of carbonyl (C=O) groups is 1. The van der Waals surface area contributed by atoms with Crippen LogP contribution in [-0.4, -0.2) is 40.6 Å². The lowest BCUT2D eigenvalue weighted by Crippen LogP contribution is -2.32. The molecule has 3 rings (SSSR count). The number of rotatable bonds is 7. The largest absolute Gasteiger partial charge is 0.491 e. The number of hydrogen-bond acceptors (Lipinski definition) is 4. The SMILES string of the molecule is Cc1ccccc1OCCN(C)C(=O)CCn1c(=S)[nH]c2ccccc2c1=O. The van der Waals surface area contributed by atoms with Gasteiger partial charge < -0.3 is 14.6 Å². The molecule has 0 saturated carbocycles. The highest BCUT2D eigenvalue weighted by Crippen LogP contribution is 2.15. The van der Waals surface area contributed by atoms with Crippen molar-refractivity contribution >= 4 is 29.0 Å². The topological polar surface area (TPSA) is 67.3 Å². The first-order valence-electron chi connectivity index (χ1n) is 9.11. The molecule has 0 unspecified atom stereocenters. The quantitative estimate of drug-likeness (QED) is 0.621. The van der Waals surface area contributed by atoms with Crippen LogP contribution in [0.4, 0.5) is 0 Å². The molecule has 0 saturated heterocycles. The fourth-order valence-corrected chi connectivity index (χ4v) is 3.22. The van der Waals surface area contributed by atoms with Crippen LogP contribution in [0.1, 0.15) is 12.0 Å². The molecule has 0 fully saturated rings. The van der Waals surface area contributed by atoms with Gasteiger partial charge in [0.15, 0.2) is 4.77 Å². The first-order chi connectivity index (χ1) is 13.5. The van der Waals surface area contributed by atoms with Crippen molar-refractivity contribution in [2.75, 3.05) is 20.2 Å². The lowest BCUT2D eigenvalue weighted by atomic mass is 10.2. The summed E-state index contributed by atoms with van der Waals surface area (Å²) in [5.41, 5.74) is 1.57. The molecule has 3 aromatic rings. The number of amides is 1. The third-order valence-corrected chi connectivity index (χ3v) is 4.96. The molecule has 6 nitrogen and oxygen atoms in total. The van der Waals surface area contributed by atoms with Crippen LogP contribution < -0.4 is 10.3 Å². The van der Waals surface area contributed by atoms with Crippen LogP contribution in [0.3, 0.4) is 0 Å². The van der Waals surface area contributed by atoms with Crippen molar-refractivity contribution in [2.24, 2.45) is 0 Å². The standard InChI is InChI=1S/C21H23N3O3S/c1-15-7-3-6-10-18(15)27-14-13-23(2)19(25)11-12-24-20(26)16-8-4-5-9-17(16)22-21(24)28/h3-10H,11-14H2,1-2H3,(H,22,28). The first kappa shape index (κ1) is 19.8. The molecule has 0 aliphatic carbocycles. The predicted molar refractivity (Wildman–Crippen MR) is 112 cm³/mol. The Kier molecular flexibility index (Phi) is 6.26. The van der Waals surface area contributed by atoms with Crippen molar-refractivity contribution in [2.45, 2.75) is 19.9 Å². The summed E-state index contributed by atoms with van der Waals surface area (Å²) in [5, 5.41) is 0.559. The number of aromatic amines is 1. The van der Waals surface area contributed by atoms with Crippen molar-refractivity contribution in [3.8, 4) is 5.75 Å². The Morgan fingerprint density at radius 1 is 1.18 bits per heavy atom. The average molecular weight is 398 g/mol. The van der Waals surface area contributed by atoms with Gasteiger partial charge in [-0.25, -0.2) is 0 Å². The van der Waals surface area contributed by atoms with Crippen molar-refractivity contribution in [3.63, 3.8) is 0 Å². The number of ether oxygens (including phenoxy) is 1. The zero-order chi connectivity index (χ0) is 20.1. The van der Waals surface area contributed by atoms with E-state index in [0.717, 1.165) is 11.3 Å². The van der Waals surface area contributed by atoms with E-state index in [1.54, 1.807) is 24.1 Å². The van der Waals surface area contributed by atoms with Crippen LogP contribution in [0, 0.1) is 11.7 Å². The van der Waals surface area contributed by atoms with Gasteiger partial charge in [-0.05, 0) is 42.9 Å². The second-order valence-electron chi connectivity index (χ2n) is 6.61. The highest BCUT2D eigenvalue weighted by molar-refractivity contribution is 7.71. The summed E-state index contributed by atoms with van der Waals surface area (Å²) in [6, 6.07) is 15.0. The Morgan fingerprint density at radius 2 is 1.89 bits per heavy atom. The number of likely N-dealkylation sites (N-methyl/N-ethyl adjacent to an activating group) is 1. The number of carbonyl (C=O) groups excluding carboxylic acids is 1. The second-order valence-corrected chi connectivity index (χ2v) is 7.00. The molecule has 0 radical (unpaired) electrons. The van der Waals surface area contributed by atoms with Gasteiger partial charge in [0.05, 0.1) is 17.4 Å². The zero-order valence-corrected chi connectivity index (χ0v) is 16.8. The van der Waals surface area contributed by atoms with E-state index in [9.17, 15) is 9.59 Å². The van der Waals surface area contributed by atoms with Crippen LogP contribution in [0.5, 0.6) is 5.75 Å². The molecular weight excluding hydrogens is 374 g/mol. The Labute approximate surface area is 168 Å². The van der Waals surface area contributed by atoms with Crippen LogP contribution in [-0.2, 0) is 11.3 Å². The fraction of sp³-hybridized carbons (Fsp3) is 0.286. The molecule has 146 valence electrons. The number of aromatic nitrogens is 2. The first-order valence-corrected chi connectivity index (χ1v) is 9.52. The van der Waals surface area contributed by atoms with Crippen LogP contribution in [0.2, 0.25) is 0 Å². The van der Waals surface area contributed by atoms with Gasteiger partial charge in [0.1, 0.15) is 12.4 Å². The third-order valence-electron chi connectivity index (χ3n) is 4.64. The maximum Gasteiger partial charge on any atom is 0.262 e. The molecule has 1 N–H and O–H groups in total. The average Bonchev–Trinajstić information content (AvgIpc) is 2.69. The molecule has 0 aliphatic heterocycles. The summed E-state index contributed by atoms with van der Waals surface area (Å²) in [4.78, 5) is 29.7. The molecule has 0 atom stereocenters. The maximum atomic E-state index is 12.6. The van der Waals surface area contributed by atoms with Gasteiger partial charge >= 0.3 is 0 Å². The van der Waals surface area contributed by atoms with E-state index in [2.05, 4.69) is 4.98 Å². The maximum absolute atomic E-state index is 12.6. The molecule has 1 heterocycles. The monoisotopic (exact) mass is 397 g/mol. The second kappa shape index (κ2) is 8.84. The lowest BCUT2D eigenvalue weighted by Gasteiger charge is -2.18. The van der Waals surface area contributed by atoms with Gasteiger partial charge in [-0.15, -0.1) is 0 Å². The summed E-state index contributed by atoms with van der Waals surface area (Å²) in [7, 11) is 1.73. The van der Waals surface area contributed by atoms with Gasteiger partial charge in [-0.1, -0.05) is 30.3 Å². The van der Waals surface area contributed by atoms with Gasteiger partial charge in [-0.3, -0.25) is 14.2 Å². The van der Waals surface area contributed by atoms with Crippen LogP contribution in [0.15, 0.2) is 53.3 Å². The molecule has 0 bridgehead atoms. The number of nitrogens with zero attached hydrogens (tertiary/aromatic N) is 2. The molecule has 28 heavy (non-hydrogen) atoms. The fourth-order valence-electron chi connectivity index (χ4n) is 2.94. The van der Waals surface area contributed by atoms with E-state index in [0.29, 0.717) is 28.8 Å². The lowest BCUT2D eigenvalue weighted by molar-refractivity contribution is -0.130. The number of aryl methyl sites for hydroxylation is 1. The number of nitrogens with one attached hydrogen (secondary N) is 1. The van der Waals surface area contributed by atoms with E-state index in [1.165, 1.54) is 4.57 Å². The highest BCUT2D eigenvalue weighted by Gasteiger charge is 2.11. The number of fused-ring (bicyclic) bond motifs is 1. The Bertz CT molecular complexity index is 1100. The molecule has 7 heteroatoms. The van der Waals surface area contributed by atoms with Gasteiger partial charge in [0.25, 0.3) is 5.56 Å². The molecular formula is C21H23N3O3S. The molecule has 0 aliphatic rings. The minimum absolute atomic E-state index is 0.0668. The van der Waals surface area contributed by atoms with E-state index < -0.39 is 0 Å². The van der Waals surface area contributed by atoms with Crippen LogP contribution in [0.25, 0.3) is 10.9 Å². The number of para-hydroxylation sites is 2. The smallest absolute Gasteiger partial charge is 0.262 e. The van der Waals surface area contributed by atoms with Gasteiger partial charge in [0, 0.05) is 20.0 Å². The molecule has 1 amide bonds. The van der Waals surface area contributed by atoms with Crippen LogP contribution >= 0.6 is 12.2 Å². The summed E-state index contributed by atoms with van der Waals surface area (Å²) in [6.07, 6.45) is 0.191.